The molecule has 4 rings (SSSR count). The number of aliphatic hydroxyl groups is 3. The Bertz CT molecular complexity index is 1730. The zero-order chi connectivity index (χ0) is 48.9. The zero-order valence-corrected chi connectivity index (χ0v) is 41.3. The SMILES string of the molecule is CO[C@H]1C[C@@H]2CC[C@@H](C)[C@@](O)(O2)C(=O)C(=O)N2CCCC[C@H]2C(=O)O[C@H]([C@H](N)C[C@@H]2CC[C@@H](O)[C@H](OC)C2)C[C@@H](OC)[C@H](C)/C=C(\C)[C@@H](O)[C@@H](OC)C(=O)[C@H](C)C[C@H](C)/C=C/C=CC=C1C. The molecule has 0 radical (unpaired) electrons. The Morgan fingerprint density at radius 3 is 2.20 bits per heavy atom. The molecule has 3 aliphatic heterocycles. The number of allylic oxidation sites excluding steroid dienone is 5. The zero-order valence-electron chi connectivity index (χ0n) is 41.3. The molecule has 15 nitrogen and oxygen atoms in total. The average Bonchev–Trinajstić information content (AvgIpc) is 3.30. The summed E-state index contributed by atoms with van der Waals surface area (Å²) in [5, 5.41) is 34.0. The number of Topliss-reactive ketones (excluding diaryl/α,β-unsaturated/α-hetero) is 2. The molecule has 15 heteroatoms. The normalized spacial score (nSPS) is 39.8. The lowest BCUT2D eigenvalue weighted by molar-refractivity contribution is -0.265. The predicted molar refractivity (Wildman–Crippen MR) is 250 cm³/mol. The Hall–Kier alpha value is -3.12. The Kier molecular flexibility index (Phi) is 21.9. The van der Waals surface area contributed by atoms with E-state index in [1.807, 2.05) is 64.2 Å². The number of piperidine rings is 1. The third-order valence-corrected chi connectivity index (χ3v) is 14.7. The van der Waals surface area contributed by atoms with Crippen molar-refractivity contribution < 1.29 is 62.9 Å². The van der Waals surface area contributed by atoms with Gasteiger partial charge in [-0.25, -0.2) is 4.79 Å². The second-order valence-corrected chi connectivity index (χ2v) is 19.7. The van der Waals surface area contributed by atoms with Crippen molar-refractivity contribution in [2.45, 2.75) is 185 Å². The first-order valence-electron chi connectivity index (χ1n) is 24.2. The van der Waals surface area contributed by atoms with Crippen molar-refractivity contribution >= 4 is 23.4 Å². The molecule has 374 valence electrons. The van der Waals surface area contributed by atoms with E-state index in [1.165, 1.54) is 12.0 Å². The molecule has 1 amide bonds. The van der Waals surface area contributed by atoms with Crippen LogP contribution in [0.15, 0.2) is 47.6 Å². The molecule has 0 aromatic rings. The molecule has 0 aromatic heterocycles. The summed E-state index contributed by atoms with van der Waals surface area (Å²) >= 11 is 0. The van der Waals surface area contributed by atoms with E-state index in [0.29, 0.717) is 69.8 Å². The predicted octanol–water partition coefficient (Wildman–Crippen LogP) is 5.32. The molecule has 1 saturated carbocycles. The topological polar surface area (TPSA) is 214 Å². The van der Waals surface area contributed by atoms with Gasteiger partial charge >= 0.3 is 5.97 Å². The Morgan fingerprint density at radius 2 is 1.53 bits per heavy atom. The monoisotopic (exact) mass is 931 g/mol. The first-order valence-corrected chi connectivity index (χ1v) is 24.2. The standard InChI is InChI=1S/C51H82N2O13/c1-30-16-12-11-13-17-31(2)41(61-7)28-37-21-19-35(6)51(60,66-37)48(57)49(58)53-23-15-14-18-39(53)50(59)65-43(38(52)26-36-20-22-40(54)44(27-36)63-9)29-42(62-8)32(3)25-34(5)46(56)47(64-10)45(55)33(4)24-30/h11-13,16-17,25,30,32-33,35-44,46-47,54,56,60H,14-15,18-24,26-29,52H2,1-10H3/b13-11?,16-12+,31-17?,34-25+/t30-,32-,33-,35-,36+,37+,38-,39+,40-,41+,42-,43+,44-,46-,47+,51-/m1/s1. The largest absolute Gasteiger partial charge is 0.459 e. The lowest BCUT2D eigenvalue weighted by atomic mass is 9.80. The molecule has 4 aliphatic rings. The van der Waals surface area contributed by atoms with Crippen LogP contribution >= 0.6 is 0 Å². The Morgan fingerprint density at radius 1 is 0.818 bits per heavy atom. The van der Waals surface area contributed by atoms with Gasteiger partial charge in [0.25, 0.3) is 11.7 Å². The number of cyclic esters (lactones) is 1. The second kappa shape index (κ2) is 26.0. The van der Waals surface area contributed by atoms with Crippen LogP contribution in [-0.2, 0) is 47.6 Å². The highest BCUT2D eigenvalue weighted by molar-refractivity contribution is 6.39. The van der Waals surface area contributed by atoms with E-state index in [9.17, 15) is 34.5 Å². The van der Waals surface area contributed by atoms with E-state index >= 15 is 0 Å². The quantitative estimate of drug-likeness (QED) is 0.145. The van der Waals surface area contributed by atoms with E-state index in [0.717, 1.165) is 5.57 Å². The molecule has 66 heavy (non-hydrogen) atoms. The molecule has 0 aromatic carbocycles. The van der Waals surface area contributed by atoms with Crippen molar-refractivity contribution in [3.63, 3.8) is 0 Å². The summed E-state index contributed by atoms with van der Waals surface area (Å²) in [7, 11) is 6.10. The lowest BCUT2D eigenvalue weighted by Crippen LogP contribution is -2.61. The Balaban J connectivity index is 1.72. The number of nitrogens with two attached hydrogens (primary N) is 1. The van der Waals surface area contributed by atoms with E-state index < -0.39 is 90.1 Å². The summed E-state index contributed by atoms with van der Waals surface area (Å²) in [4.78, 5) is 58.0. The molecule has 0 spiro atoms. The number of aliphatic hydroxyl groups excluding tert-OH is 2. The molecule has 0 unspecified atom stereocenters. The average molecular weight is 931 g/mol. The summed E-state index contributed by atoms with van der Waals surface area (Å²) in [6.45, 7) is 11.2. The van der Waals surface area contributed by atoms with Gasteiger partial charge < -0.3 is 54.4 Å². The number of nitrogens with zero attached hydrogens (tertiary/aromatic N) is 1. The number of ether oxygens (including phenoxy) is 6. The van der Waals surface area contributed by atoms with Gasteiger partial charge in [-0.3, -0.25) is 14.4 Å². The Labute approximate surface area is 393 Å². The summed E-state index contributed by atoms with van der Waals surface area (Å²) in [5.74, 6) is -6.88. The van der Waals surface area contributed by atoms with Gasteiger partial charge in [0.2, 0.25) is 5.79 Å². The molecule has 1 aliphatic carbocycles. The van der Waals surface area contributed by atoms with Crippen LogP contribution in [0.3, 0.4) is 0 Å². The number of fused-ring (bicyclic) bond motifs is 3. The van der Waals surface area contributed by atoms with Crippen LogP contribution in [0.4, 0.5) is 0 Å². The molecular weight excluding hydrogens is 849 g/mol. The van der Waals surface area contributed by atoms with E-state index in [-0.39, 0.29) is 49.0 Å². The third kappa shape index (κ3) is 14.5. The number of rotatable bonds is 7. The maximum Gasteiger partial charge on any atom is 0.329 e. The molecule has 2 bridgehead atoms. The van der Waals surface area contributed by atoms with Crippen LogP contribution in [0.25, 0.3) is 0 Å². The highest BCUT2D eigenvalue weighted by Crippen LogP contribution is 2.37. The van der Waals surface area contributed by atoms with Crippen molar-refractivity contribution in [2.24, 2.45) is 35.3 Å². The van der Waals surface area contributed by atoms with Gasteiger partial charge in [0.05, 0.1) is 30.5 Å². The molecule has 5 N–H and O–H groups in total. The fraction of sp³-hybridized carbons (Fsp3) is 0.765. The number of ketones is 2. The van der Waals surface area contributed by atoms with Crippen molar-refractivity contribution in [2.75, 3.05) is 35.0 Å². The van der Waals surface area contributed by atoms with Crippen LogP contribution in [0.5, 0.6) is 0 Å². The molecular formula is C51H82N2O13. The van der Waals surface area contributed by atoms with E-state index in [2.05, 4.69) is 0 Å². The van der Waals surface area contributed by atoms with Crippen LogP contribution in [0.1, 0.15) is 119 Å². The van der Waals surface area contributed by atoms with Gasteiger partial charge in [0.1, 0.15) is 24.4 Å². The number of carbonyl (C=O) groups is 4. The van der Waals surface area contributed by atoms with Crippen molar-refractivity contribution in [3.05, 3.63) is 47.6 Å². The van der Waals surface area contributed by atoms with Crippen molar-refractivity contribution in [3.8, 4) is 0 Å². The fourth-order valence-corrected chi connectivity index (χ4v) is 10.3. The number of methoxy groups -OCH3 is 4. The van der Waals surface area contributed by atoms with Crippen molar-refractivity contribution in [1.82, 2.24) is 4.90 Å². The minimum atomic E-state index is -2.42. The number of carbonyl (C=O) groups excluding carboxylic acids is 4. The van der Waals surface area contributed by atoms with Crippen LogP contribution < -0.4 is 5.73 Å². The summed E-state index contributed by atoms with van der Waals surface area (Å²) < 4.78 is 35.6. The van der Waals surface area contributed by atoms with E-state index in [1.54, 1.807) is 35.2 Å². The van der Waals surface area contributed by atoms with Crippen LogP contribution in [-0.4, -0.2) is 145 Å². The first-order chi connectivity index (χ1) is 31.3. The smallest absolute Gasteiger partial charge is 0.329 e. The van der Waals surface area contributed by atoms with Crippen LogP contribution in [0, 0.1) is 29.6 Å². The lowest BCUT2D eigenvalue weighted by Gasteiger charge is -2.43. The molecule has 3 fully saturated rings. The maximum absolute atomic E-state index is 14.5. The summed E-state index contributed by atoms with van der Waals surface area (Å²) in [6.07, 6.45) is 11.2. The first kappa shape index (κ1) is 55.5. The number of esters is 1. The summed E-state index contributed by atoms with van der Waals surface area (Å²) in [6, 6.07) is -1.82. The molecule has 2 saturated heterocycles. The van der Waals surface area contributed by atoms with Gasteiger partial charge in [-0.15, -0.1) is 0 Å². The molecule has 3 heterocycles. The summed E-state index contributed by atoms with van der Waals surface area (Å²) in [5.41, 5.74) is 8.38. The third-order valence-electron chi connectivity index (χ3n) is 14.7. The van der Waals surface area contributed by atoms with Crippen molar-refractivity contribution in [1.29, 1.82) is 0 Å². The minimum Gasteiger partial charge on any atom is -0.459 e. The number of hydrogen-bond acceptors (Lipinski definition) is 14. The van der Waals surface area contributed by atoms with E-state index in [4.69, 9.17) is 34.2 Å². The maximum atomic E-state index is 14.5. The van der Waals surface area contributed by atoms with Gasteiger partial charge in [-0.1, -0.05) is 64.2 Å². The van der Waals surface area contributed by atoms with Gasteiger partial charge in [0, 0.05) is 71.6 Å². The highest BCUT2D eigenvalue weighted by Gasteiger charge is 2.53. The van der Waals surface area contributed by atoms with Gasteiger partial charge in [-0.05, 0) is 101 Å². The van der Waals surface area contributed by atoms with Crippen LogP contribution in [0.2, 0.25) is 0 Å². The van der Waals surface area contributed by atoms with Gasteiger partial charge in [0.15, 0.2) is 5.78 Å². The number of hydrogen-bond donors (Lipinski definition) is 4. The second-order valence-electron chi connectivity index (χ2n) is 19.7. The van der Waals surface area contributed by atoms with Gasteiger partial charge in [-0.2, -0.15) is 0 Å². The number of amides is 1. The highest BCUT2D eigenvalue weighted by atomic mass is 16.6. The minimum absolute atomic E-state index is 0.0367. The molecule has 16 atom stereocenters. The fourth-order valence-electron chi connectivity index (χ4n) is 10.3.